The average molecular weight is 268 g/mol. The van der Waals surface area contributed by atoms with Crippen LogP contribution in [-0.4, -0.2) is 22.6 Å². The van der Waals surface area contributed by atoms with E-state index in [1.165, 1.54) is 16.2 Å². The number of hydrogen-bond acceptors (Lipinski definition) is 5. The van der Waals surface area contributed by atoms with Gasteiger partial charge in [-0.25, -0.2) is 9.78 Å². The Balaban J connectivity index is 1.91. The molecule has 0 atom stereocenters. The second-order valence-electron chi connectivity index (χ2n) is 3.49. The number of aromatic nitrogens is 1. The summed E-state index contributed by atoms with van der Waals surface area (Å²) < 4.78 is 0. The molecule has 0 saturated carbocycles. The highest BCUT2D eigenvalue weighted by Crippen LogP contribution is 2.22. The van der Waals surface area contributed by atoms with Crippen LogP contribution in [0.1, 0.15) is 20.2 Å². The highest BCUT2D eigenvalue weighted by molar-refractivity contribution is 7.15. The number of carboxylic acids is 1. The summed E-state index contributed by atoms with van der Waals surface area (Å²) in [5, 5.41) is 14.7. The largest absolute Gasteiger partial charge is 0.476 e. The summed E-state index contributed by atoms with van der Waals surface area (Å²) in [6, 6.07) is 4.11. The number of aryl methyl sites for hydroxylation is 1. The molecule has 0 aromatic carbocycles. The minimum atomic E-state index is -0.968. The summed E-state index contributed by atoms with van der Waals surface area (Å²) in [6.07, 6.45) is 0.929. The Morgan fingerprint density at radius 2 is 2.41 bits per heavy atom. The summed E-state index contributed by atoms with van der Waals surface area (Å²) in [5.41, 5.74) is 0.147. The summed E-state index contributed by atoms with van der Waals surface area (Å²) in [7, 11) is 0. The molecule has 0 unspecified atom stereocenters. The first-order chi connectivity index (χ1) is 8.16. The molecule has 4 nitrogen and oxygen atoms in total. The number of rotatable bonds is 5. The molecule has 0 bridgehead atoms. The number of nitrogens with one attached hydrogen (secondary N) is 1. The van der Waals surface area contributed by atoms with Crippen LogP contribution in [0, 0.1) is 6.92 Å². The van der Waals surface area contributed by atoms with Crippen molar-refractivity contribution in [3.8, 4) is 0 Å². The van der Waals surface area contributed by atoms with E-state index in [0.29, 0.717) is 5.13 Å². The number of thiophene rings is 1. The molecule has 0 saturated heterocycles. The molecule has 0 aliphatic rings. The van der Waals surface area contributed by atoms with Gasteiger partial charge >= 0.3 is 5.97 Å². The van der Waals surface area contributed by atoms with E-state index in [4.69, 9.17) is 5.11 Å². The van der Waals surface area contributed by atoms with Gasteiger partial charge in [0.25, 0.3) is 0 Å². The molecule has 90 valence electrons. The van der Waals surface area contributed by atoms with E-state index >= 15 is 0 Å². The molecule has 2 N–H and O–H groups in total. The highest BCUT2D eigenvalue weighted by atomic mass is 32.1. The zero-order valence-corrected chi connectivity index (χ0v) is 10.9. The third-order valence-corrected chi connectivity index (χ3v) is 4.09. The normalized spacial score (nSPS) is 10.4. The summed E-state index contributed by atoms with van der Waals surface area (Å²) in [6.45, 7) is 2.54. The molecule has 17 heavy (non-hydrogen) atoms. The van der Waals surface area contributed by atoms with Crippen molar-refractivity contribution in [2.75, 3.05) is 11.9 Å². The zero-order chi connectivity index (χ0) is 12.3. The molecular formula is C11H12N2O2S2. The molecule has 2 rings (SSSR count). The fourth-order valence-corrected chi connectivity index (χ4v) is 2.96. The minimum Gasteiger partial charge on any atom is -0.476 e. The number of nitrogens with zero attached hydrogens (tertiary/aromatic N) is 1. The Morgan fingerprint density at radius 3 is 3.00 bits per heavy atom. The predicted molar refractivity (Wildman–Crippen MR) is 70.3 cm³/mol. The minimum absolute atomic E-state index is 0.147. The van der Waals surface area contributed by atoms with Gasteiger partial charge in [0.05, 0.1) is 0 Å². The molecule has 0 radical (unpaired) electrons. The van der Waals surface area contributed by atoms with Crippen molar-refractivity contribution in [2.24, 2.45) is 0 Å². The summed E-state index contributed by atoms with van der Waals surface area (Å²) in [5.74, 6) is -0.968. The third-order valence-electron chi connectivity index (χ3n) is 2.23. The second kappa shape index (κ2) is 5.29. The van der Waals surface area contributed by atoms with Gasteiger partial charge in [-0.1, -0.05) is 6.07 Å². The molecule has 6 heteroatoms. The fourth-order valence-electron chi connectivity index (χ4n) is 1.42. The monoisotopic (exact) mass is 268 g/mol. The average Bonchev–Trinajstić information content (AvgIpc) is 2.88. The van der Waals surface area contributed by atoms with E-state index in [9.17, 15) is 4.79 Å². The molecule has 0 aliphatic heterocycles. The topological polar surface area (TPSA) is 62.2 Å². The Hall–Kier alpha value is -1.40. The van der Waals surface area contributed by atoms with Crippen LogP contribution in [0.25, 0.3) is 0 Å². The lowest BCUT2D eigenvalue weighted by Crippen LogP contribution is -2.04. The third kappa shape index (κ3) is 3.04. The molecule has 2 heterocycles. The molecule has 0 aliphatic carbocycles. The number of aromatic carboxylic acids is 1. The summed E-state index contributed by atoms with van der Waals surface area (Å²) >= 11 is 3.10. The van der Waals surface area contributed by atoms with Gasteiger partial charge in [0.15, 0.2) is 10.8 Å². The number of hydrogen-bond donors (Lipinski definition) is 2. The van der Waals surface area contributed by atoms with Crippen molar-refractivity contribution in [1.82, 2.24) is 4.98 Å². The molecule has 0 fully saturated rings. The van der Waals surface area contributed by atoms with Gasteiger partial charge < -0.3 is 10.4 Å². The van der Waals surface area contributed by atoms with Gasteiger partial charge in [-0.2, -0.15) is 0 Å². The maximum Gasteiger partial charge on any atom is 0.355 e. The standard InChI is InChI=1S/C11H12N2O2S2/c1-7-9(10(14)15)13-11(17-7)12-5-4-8-3-2-6-16-8/h2-3,6H,4-5H2,1H3,(H,12,13)(H,14,15). The SMILES string of the molecule is Cc1sc(NCCc2cccs2)nc1C(=O)O. The van der Waals surface area contributed by atoms with Crippen LogP contribution in [0.3, 0.4) is 0 Å². The molecule has 0 spiro atoms. The Bertz CT molecular complexity index is 506. The lowest BCUT2D eigenvalue weighted by atomic mass is 10.3. The molecule has 2 aromatic heterocycles. The van der Waals surface area contributed by atoms with E-state index < -0.39 is 5.97 Å². The van der Waals surface area contributed by atoms with Crippen LogP contribution in [-0.2, 0) is 6.42 Å². The van der Waals surface area contributed by atoms with E-state index in [1.807, 2.05) is 11.4 Å². The fraction of sp³-hybridized carbons (Fsp3) is 0.273. The maximum absolute atomic E-state index is 10.8. The van der Waals surface area contributed by atoms with Crippen molar-refractivity contribution < 1.29 is 9.90 Å². The van der Waals surface area contributed by atoms with E-state index in [0.717, 1.165) is 17.8 Å². The van der Waals surface area contributed by atoms with Crippen LogP contribution in [0.4, 0.5) is 5.13 Å². The lowest BCUT2D eigenvalue weighted by molar-refractivity contribution is 0.0690. The lowest BCUT2D eigenvalue weighted by Gasteiger charge is -1.99. The van der Waals surface area contributed by atoms with Crippen molar-refractivity contribution in [3.63, 3.8) is 0 Å². The molecular weight excluding hydrogens is 256 g/mol. The van der Waals surface area contributed by atoms with Crippen molar-refractivity contribution in [3.05, 3.63) is 33.0 Å². The Morgan fingerprint density at radius 1 is 1.59 bits per heavy atom. The number of anilines is 1. The first kappa shape index (κ1) is 12.1. The van der Waals surface area contributed by atoms with Gasteiger partial charge in [0, 0.05) is 16.3 Å². The van der Waals surface area contributed by atoms with Crippen LogP contribution >= 0.6 is 22.7 Å². The second-order valence-corrected chi connectivity index (χ2v) is 5.72. The van der Waals surface area contributed by atoms with Gasteiger partial charge in [0.1, 0.15) is 0 Å². The van der Waals surface area contributed by atoms with Crippen LogP contribution < -0.4 is 5.32 Å². The Labute approximate surface area is 107 Å². The number of carboxylic acid groups (broad SMARTS) is 1. The Kier molecular flexibility index (Phi) is 3.75. The first-order valence-corrected chi connectivity index (χ1v) is 6.83. The van der Waals surface area contributed by atoms with Crippen molar-refractivity contribution in [1.29, 1.82) is 0 Å². The molecule has 0 amide bonds. The van der Waals surface area contributed by atoms with E-state index in [1.54, 1.807) is 18.3 Å². The van der Waals surface area contributed by atoms with Crippen molar-refractivity contribution >= 4 is 33.8 Å². The highest BCUT2D eigenvalue weighted by Gasteiger charge is 2.13. The van der Waals surface area contributed by atoms with Gasteiger partial charge in [-0.15, -0.1) is 22.7 Å². The maximum atomic E-state index is 10.8. The van der Waals surface area contributed by atoms with Crippen LogP contribution in [0.15, 0.2) is 17.5 Å². The van der Waals surface area contributed by atoms with Crippen molar-refractivity contribution in [2.45, 2.75) is 13.3 Å². The van der Waals surface area contributed by atoms with E-state index in [2.05, 4.69) is 16.4 Å². The summed E-state index contributed by atoms with van der Waals surface area (Å²) in [4.78, 5) is 16.9. The first-order valence-electron chi connectivity index (χ1n) is 5.14. The van der Waals surface area contributed by atoms with Gasteiger partial charge in [-0.05, 0) is 24.8 Å². The van der Waals surface area contributed by atoms with Gasteiger partial charge in [0.2, 0.25) is 0 Å². The van der Waals surface area contributed by atoms with Crippen LogP contribution in [0.2, 0.25) is 0 Å². The number of carbonyl (C=O) groups is 1. The van der Waals surface area contributed by atoms with E-state index in [-0.39, 0.29) is 5.69 Å². The zero-order valence-electron chi connectivity index (χ0n) is 9.27. The quantitative estimate of drug-likeness (QED) is 0.875. The smallest absolute Gasteiger partial charge is 0.355 e. The number of thiazole rings is 1. The predicted octanol–water partition coefficient (Wildman–Crippen LogP) is 2.87. The molecule has 2 aromatic rings. The van der Waals surface area contributed by atoms with Gasteiger partial charge in [-0.3, -0.25) is 0 Å². The van der Waals surface area contributed by atoms with Crippen LogP contribution in [0.5, 0.6) is 0 Å².